The number of hydrogen-bond donors (Lipinski definition) is 1. The van der Waals surface area contributed by atoms with Crippen molar-refractivity contribution in [2.75, 3.05) is 13.1 Å². The van der Waals surface area contributed by atoms with Gasteiger partial charge in [-0.15, -0.1) is 0 Å². The van der Waals surface area contributed by atoms with Gasteiger partial charge in [0, 0.05) is 19.0 Å². The van der Waals surface area contributed by atoms with E-state index in [1.54, 1.807) is 4.90 Å². The highest BCUT2D eigenvalue weighted by Gasteiger charge is 2.36. The van der Waals surface area contributed by atoms with E-state index in [-0.39, 0.29) is 12.0 Å². The lowest BCUT2D eigenvalue weighted by atomic mass is 9.93. The minimum atomic E-state index is -0.483. The van der Waals surface area contributed by atoms with Crippen molar-refractivity contribution >= 4 is 6.09 Å². The molecule has 5 heteroatoms. The van der Waals surface area contributed by atoms with Crippen molar-refractivity contribution in [1.29, 1.82) is 5.26 Å². The van der Waals surface area contributed by atoms with E-state index >= 15 is 0 Å². The normalized spacial score (nSPS) is 19.0. The van der Waals surface area contributed by atoms with Crippen LogP contribution in [0.2, 0.25) is 0 Å². The molecule has 1 atom stereocenters. The third-order valence-corrected chi connectivity index (χ3v) is 2.22. The lowest BCUT2D eigenvalue weighted by molar-refractivity contribution is -0.00221. The van der Waals surface area contributed by atoms with Gasteiger partial charge >= 0.3 is 6.09 Å². The molecule has 2 N–H and O–H groups in total. The van der Waals surface area contributed by atoms with E-state index in [0.717, 1.165) is 0 Å². The van der Waals surface area contributed by atoms with Crippen LogP contribution in [0.3, 0.4) is 0 Å². The fraction of sp³-hybridized carbons (Fsp3) is 0.800. The Bertz CT molecular complexity index is 284. The van der Waals surface area contributed by atoms with E-state index in [9.17, 15) is 4.79 Å². The minimum absolute atomic E-state index is 0.0857. The van der Waals surface area contributed by atoms with Gasteiger partial charge < -0.3 is 15.4 Å². The van der Waals surface area contributed by atoms with Gasteiger partial charge in [0.15, 0.2) is 0 Å². The summed E-state index contributed by atoms with van der Waals surface area (Å²) in [5.41, 5.74) is 5.06. The molecule has 1 fully saturated rings. The molecule has 1 rings (SSSR count). The number of likely N-dealkylation sites (tertiary alicyclic amines) is 1. The first kappa shape index (κ1) is 11.8. The number of carbonyl (C=O) groups excluding carboxylic acids is 1. The Hall–Kier alpha value is -1.28. The average molecular weight is 211 g/mol. The lowest BCUT2D eigenvalue weighted by Crippen LogP contribution is -2.57. The molecule has 0 bridgehead atoms. The van der Waals surface area contributed by atoms with E-state index in [0.29, 0.717) is 13.1 Å². The first-order valence-electron chi connectivity index (χ1n) is 4.96. The topological polar surface area (TPSA) is 79.3 Å². The van der Waals surface area contributed by atoms with Crippen LogP contribution in [0.4, 0.5) is 4.79 Å². The molecule has 15 heavy (non-hydrogen) atoms. The van der Waals surface area contributed by atoms with Gasteiger partial charge in [-0.25, -0.2) is 4.79 Å². The highest BCUT2D eigenvalue weighted by Crippen LogP contribution is 2.20. The summed E-state index contributed by atoms with van der Waals surface area (Å²) in [6.07, 6.45) is -0.330. The maximum absolute atomic E-state index is 11.5. The van der Waals surface area contributed by atoms with Gasteiger partial charge in [-0.2, -0.15) is 5.26 Å². The third-order valence-electron chi connectivity index (χ3n) is 2.22. The molecular weight excluding hydrogens is 194 g/mol. The molecule has 0 aromatic rings. The maximum atomic E-state index is 11.5. The molecule has 1 amide bonds. The molecule has 0 radical (unpaired) electrons. The molecule has 84 valence electrons. The van der Waals surface area contributed by atoms with Crippen molar-refractivity contribution in [2.45, 2.75) is 32.4 Å². The van der Waals surface area contributed by atoms with Crippen LogP contribution >= 0.6 is 0 Å². The summed E-state index contributed by atoms with van der Waals surface area (Å²) >= 11 is 0. The second kappa shape index (κ2) is 4.07. The molecule has 0 aromatic carbocycles. The Labute approximate surface area is 89.8 Å². The summed E-state index contributed by atoms with van der Waals surface area (Å²) in [6, 6.07) is 1.49. The van der Waals surface area contributed by atoms with Crippen molar-refractivity contribution in [1.82, 2.24) is 4.90 Å². The Kier molecular flexibility index (Phi) is 3.20. The van der Waals surface area contributed by atoms with Gasteiger partial charge in [-0.1, -0.05) is 0 Å². The number of amides is 1. The fourth-order valence-electron chi connectivity index (χ4n) is 1.32. The summed E-state index contributed by atoms with van der Waals surface area (Å²) in [4.78, 5) is 13.0. The molecule has 1 unspecified atom stereocenters. The Morgan fingerprint density at radius 2 is 2.13 bits per heavy atom. The van der Waals surface area contributed by atoms with Crippen molar-refractivity contribution in [3.63, 3.8) is 0 Å². The zero-order valence-electron chi connectivity index (χ0n) is 9.36. The van der Waals surface area contributed by atoms with Gasteiger partial charge in [-0.05, 0) is 20.8 Å². The summed E-state index contributed by atoms with van der Waals surface area (Å²) in [6.45, 7) is 6.50. The van der Waals surface area contributed by atoms with Gasteiger partial charge in [0.25, 0.3) is 0 Å². The first-order valence-corrected chi connectivity index (χ1v) is 4.96. The number of hydrogen-bond acceptors (Lipinski definition) is 4. The number of nitrogens with two attached hydrogens (primary N) is 1. The maximum Gasteiger partial charge on any atom is 0.410 e. The molecule has 0 spiro atoms. The summed E-state index contributed by atoms with van der Waals surface area (Å²) < 4.78 is 5.17. The molecule has 0 aliphatic carbocycles. The highest BCUT2D eigenvalue weighted by atomic mass is 16.6. The molecule has 5 nitrogen and oxygen atoms in total. The fourth-order valence-corrected chi connectivity index (χ4v) is 1.32. The van der Waals surface area contributed by atoms with Crippen molar-refractivity contribution in [2.24, 2.45) is 11.7 Å². The zero-order chi connectivity index (χ0) is 11.6. The second-order valence-corrected chi connectivity index (χ2v) is 4.80. The standard InChI is InChI=1S/C10H17N3O2/c1-10(2,3)15-9(14)13-5-7(6-13)8(12)4-11/h7-8H,5-6,12H2,1-3H3. The highest BCUT2D eigenvalue weighted by molar-refractivity contribution is 5.69. The Morgan fingerprint density at radius 1 is 1.60 bits per heavy atom. The molecule has 1 aliphatic heterocycles. The average Bonchev–Trinajstić information content (AvgIpc) is 1.97. The summed E-state index contributed by atoms with van der Waals surface area (Å²) in [5, 5.41) is 8.57. The Morgan fingerprint density at radius 3 is 2.53 bits per heavy atom. The van der Waals surface area contributed by atoms with Crippen molar-refractivity contribution in [3.05, 3.63) is 0 Å². The van der Waals surface area contributed by atoms with Crippen LogP contribution in [0.5, 0.6) is 0 Å². The Balaban J connectivity index is 2.34. The number of nitriles is 1. The monoisotopic (exact) mass is 211 g/mol. The predicted molar refractivity (Wildman–Crippen MR) is 54.9 cm³/mol. The number of rotatable bonds is 1. The van der Waals surface area contributed by atoms with Gasteiger partial charge in [0.05, 0.1) is 12.1 Å². The van der Waals surface area contributed by atoms with Crippen LogP contribution < -0.4 is 5.73 Å². The second-order valence-electron chi connectivity index (χ2n) is 4.80. The van der Waals surface area contributed by atoms with Crippen LogP contribution in [-0.4, -0.2) is 35.7 Å². The van der Waals surface area contributed by atoms with Crippen LogP contribution in [0.15, 0.2) is 0 Å². The summed E-state index contributed by atoms with van der Waals surface area (Å²) in [7, 11) is 0. The molecule has 0 aromatic heterocycles. The molecule has 0 saturated carbocycles. The largest absolute Gasteiger partial charge is 0.444 e. The van der Waals surface area contributed by atoms with Gasteiger partial charge in [-0.3, -0.25) is 0 Å². The SMILES string of the molecule is CC(C)(C)OC(=O)N1CC(C(N)C#N)C1. The van der Waals surface area contributed by atoms with Crippen molar-refractivity contribution in [3.8, 4) is 6.07 Å². The zero-order valence-corrected chi connectivity index (χ0v) is 9.36. The molecule has 1 aliphatic rings. The molecule has 1 heterocycles. The van der Waals surface area contributed by atoms with Crippen LogP contribution in [0, 0.1) is 17.2 Å². The molecule has 1 saturated heterocycles. The van der Waals surface area contributed by atoms with Crippen molar-refractivity contribution < 1.29 is 9.53 Å². The number of ether oxygens (including phenoxy) is 1. The van der Waals surface area contributed by atoms with Crippen LogP contribution in [0.25, 0.3) is 0 Å². The quantitative estimate of drug-likeness (QED) is 0.692. The number of nitrogens with zero attached hydrogens (tertiary/aromatic N) is 2. The van der Waals surface area contributed by atoms with Crippen LogP contribution in [0.1, 0.15) is 20.8 Å². The van der Waals surface area contributed by atoms with E-state index in [1.807, 2.05) is 26.8 Å². The van der Waals surface area contributed by atoms with E-state index in [2.05, 4.69) is 0 Å². The first-order chi connectivity index (χ1) is 6.83. The summed E-state index contributed by atoms with van der Waals surface area (Å²) in [5.74, 6) is 0.0857. The van der Waals surface area contributed by atoms with E-state index in [1.165, 1.54) is 0 Å². The smallest absolute Gasteiger partial charge is 0.410 e. The van der Waals surface area contributed by atoms with Gasteiger partial charge in [0.2, 0.25) is 0 Å². The number of carbonyl (C=O) groups is 1. The minimum Gasteiger partial charge on any atom is -0.444 e. The van der Waals surface area contributed by atoms with Gasteiger partial charge in [0.1, 0.15) is 5.60 Å². The van der Waals surface area contributed by atoms with E-state index in [4.69, 9.17) is 15.7 Å². The van der Waals surface area contributed by atoms with E-state index < -0.39 is 11.6 Å². The molecular formula is C10H17N3O2. The predicted octanol–water partition coefficient (Wildman–Crippen LogP) is 0.704. The van der Waals surface area contributed by atoms with Crippen LogP contribution in [-0.2, 0) is 4.74 Å². The third kappa shape index (κ3) is 3.10. The lowest BCUT2D eigenvalue weighted by Gasteiger charge is -2.40.